The van der Waals surface area contributed by atoms with Crippen molar-refractivity contribution in [2.45, 2.75) is 11.8 Å². The largest absolute Gasteiger partial charge is 0.488 e. The van der Waals surface area contributed by atoms with Crippen molar-refractivity contribution in [1.82, 2.24) is 0 Å². The van der Waals surface area contributed by atoms with Crippen LogP contribution >= 0.6 is 0 Å². The summed E-state index contributed by atoms with van der Waals surface area (Å²) in [5.74, 6) is 0.654. The molecule has 1 heterocycles. The summed E-state index contributed by atoms with van der Waals surface area (Å²) < 4.78 is 30.4. The van der Waals surface area contributed by atoms with E-state index in [4.69, 9.17) is 10.5 Å². The molecule has 0 fully saturated rings. The predicted molar refractivity (Wildman–Crippen MR) is 82.7 cm³/mol. The molecule has 1 aliphatic heterocycles. The van der Waals surface area contributed by atoms with Gasteiger partial charge in [-0.1, -0.05) is 12.1 Å². The minimum absolute atomic E-state index is 0.0143. The molecule has 2 aromatic carbocycles. The fourth-order valence-electron chi connectivity index (χ4n) is 2.30. The van der Waals surface area contributed by atoms with Crippen LogP contribution in [0.4, 0.5) is 5.69 Å². The molecular formula is C16H15NO3S. The molecule has 0 saturated heterocycles. The second kappa shape index (κ2) is 4.93. The van der Waals surface area contributed by atoms with E-state index in [-0.39, 0.29) is 11.5 Å². The molecule has 2 aromatic rings. The second-order valence-corrected chi connectivity index (χ2v) is 6.99. The van der Waals surface area contributed by atoms with Crippen LogP contribution in [0.15, 0.2) is 52.3 Å². The van der Waals surface area contributed by atoms with E-state index in [2.05, 4.69) is 0 Å². The number of nitrogens with two attached hydrogens (primary N) is 1. The Kier molecular flexibility index (Phi) is 3.22. The van der Waals surface area contributed by atoms with Gasteiger partial charge >= 0.3 is 0 Å². The quantitative estimate of drug-likeness (QED) is 0.885. The minimum Gasteiger partial charge on any atom is -0.488 e. The molecular weight excluding hydrogens is 286 g/mol. The minimum atomic E-state index is -3.46. The highest BCUT2D eigenvalue weighted by Gasteiger charge is 2.29. The van der Waals surface area contributed by atoms with Crippen molar-refractivity contribution >= 4 is 21.6 Å². The van der Waals surface area contributed by atoms with Gasteiger partial charge in [0.15, 0.2) is 0 Å². The Bertz CT molecular complexity index is 838. The van der Waals surface area contributed by atoms with Crippen molar-refractivity contribution in [3.05, 3.63) is 58.5 Å². The number of benzene rings is 2. The van der Waals surface area contributed by atoms with Crippen molar-refractivity contribution in [1.29, 1.82) is 0 Å². The highest BCUT2D eigenvalue weighted by Crippen LogP contribution is 2.34. The maximum Gasteiger partial charge on any atom is 0.206 e. The average Bonchev–Trinajstić information content (AvgIpc) is 2.67. The second-order valence-electron chi connectivity index (χ2n) is 5.02. The Hall–Kier alpha value is -2.27. The van der Waals surface area contributed by atoms with E-state index in [9.17, 15) is 8.42 Å². The third-order valence-corrected chi connectivity index (χ3v) is 5.23. The SMILES string of the molecule is Cc1cccc(OCC2=Cc3cc(N)ccc3S2(=O)=O)c1. The summed E-state index contributed by atoms with van der Waals surface area (Å²) in [7, 11) is -3.46. The Balaban J connectivity index is 1.86. The number of hydrogen-bond acceptors (Lipinski definition) is 4. The van der Waals surface area contributed by atoms with Crippen LogP contribution in [0.5, 0.6) is 5.75 Å². The molecule has 1 aliphatic rings. The van der Waals surface area contributed by atoms with Gasteiger partial charge in [0.2, 0.25) is 9.84 Å². The van der Waals surface area contributed by atoms with Crippen LogP contribution in [0.2, 0.25) is 0 Å². The maximum absolute atomic E-state index is 12.4. The molecule has 4 nitrogen and oxygen atoms in total. The number of anilines is 1. The molecule has 108 valence electrons. The Labute approximate surface area is 123 Å². The molecule has 0 atom stereocenters. The molecule has 0 aliphatic carbocycles. The molecule has 0 unspecified atom stereocenters. The van der Waals surface area contributed by atoms with Gasteiger partial charge in [0.25, 0.3) is 0 Å². The summed E-state index contributed by atoms with van der Waals surface area (Å²) in [6.45, 7) is 1.97. The normalized spacial score (nSPS) is 15.4. The predicted octanol–water partition coefficient (Wildman–Crippen LogP) is 2.78. The number of fused-ring (bicyclic) bond motifs is 1. The van der Waals surface area contributed by atoms with E-state index in [0.29, 0.717) is 21.9 Å². The highest BCUT2D eigenvalue weighted by atomic mass is 32.2. The van der Waals surface area contributed by atoms with E-state index >= 15 is 0 Å². The molecule has 2 N–H and O–H groups in total. The van der Waals surface area contributed by atoms with Crippen molar-refractivity contribution in [3.63, 3.8) is 0 Å². The van der Waals surface area contributed by atoms with Crippen LogP contribution in [0.1, 0.15) is 11.1 Å². The lowest BCUT2D eigenvalue weighted by atomic mass is 10.2. The number of hydrogen-bond donors (Lipinski definition) is 1. The van der Waals surface area contributed by atoms with Crippen LogP contribution in [0.25, 0.3) is 6.08 Å². The Morgan fingerprint density at radius 1 is 1.14 bits per heavy atom. The Morgan fingerprint density at radius 3 is 2.71 bits per heavy atom. The van der Waals surface area contributed by atoms with Gasteiger partial charge in [-0.05, 0) is 54.5 Å². The van der Waals surface area contributed by atoms with Crippen LogP contribution in [0.3, 0.4) is 0 Å². The summed E-state index contributed by atoms with van der Waals surface area (Å²) in [6.07, 6.45) is 1.62. The zero-order valence-corrected chi connectivity index (χ0v) is 12.4. The first-order valence-electron chi connectivity index (χ1n) is 6.51. The third-order valence-electron chi connectivity index (χ3n) is 3.36. The lowest BCUT2D eigenvalue weighted by Gasteiger charge is -2.08. The molecule has 0 spiro atoms. The first-order chi connectivity index (χ1) is 9.96. The number of nitrogen functional groups attached to an aromatic ring is 1. The Morgan fingerprint density at radius 2 is 1.95 bits per heavy atom. The molecule has 5 heteroatoms. The van der Waals surface area contributed by atoms with Crippen molar-refractivity contribution in [3.8, 4) is 5.75 Å². The molecule has 21 heavy (non-hydrogen) atoms. The number of aryl methyl sites for hydroxylation is 1. The first kappa shape index (κ1) is 13.7. The molecule has 0 saturated carbocycles. The van der Waals surface area contributed by atoms with Gasteiger partial charge in [-0.2, -0.15) is 0 Å². The maximum atomic E-state index is 12.4. The van der Waals surface area contributed by atoms with Gasteiger partial charge in [-0.3, -0.25) is 0 Å². The fourth-order valence-corrected chi connectivity index (χ4v) is 3.75. The first-order valence-corrected chi connectivity index (χ1v) is 8.00. The molecule has 0 amide bonds. The smallest absolute Gasteiger partial charge is 0.206 e. The number of rotatable bonds is 3. The van der Waals surface area contributed by atoms with Gasteiger partial charge in [-0.25, -0.2) is 8.42 Å². The molecule has 0 bridgehead atoms. The van der Waals surface area contributed by atoms with Crippen LogP contribution in [-0.4, -0.2) is 15.0 Å². The zero-order valence-electron chi connectivity index (χ0n) is 11.5. The topological polar surface area (TPSA) is 69.4 Å². The highest BCUT2D eigenvalue weighted by molar-refractivity contribution is 7.95. The van der Waals surface area contributed by atoms with E-state index in [1.807, 2.05) is 25.1 Å². The molecule has 3 rings (SSSR count). The van der Waals surface area contributed by atoms with Crippen LogP contribution in [0, 0.1) is 6.92 Å². The van der Waals surface area contributed by atoms with Gasteiger partial charge in [-0.15, -0.1) is 0 Å². The number of sulfone groups is 1. The van der Waals surface area contributed by atoms with Crippen molar-refractivity contribution in [2.24, 2.45) is 0 Å². The van der Waals surface area contributed by atoms with Crippen molar-refractivity contribution in [2.75, 3.05) is 12.3 Å². The summed E-state index contributed by atoms with van der Waals surface area (Å²) in [5, 5.41) is 0. The average molecular weight is 301 g/mol. The van der Waals surface area contributed by atoms with Gasteiger partial charge in [0.05, 0.1) is 9.80 Å². The summed E-state index contributed by atoms with van der Waals surface area (Å²) in [6, 6.07) is 12.3. The fraction of sp³-hybridized carbons (Fsp3) is 0.125. The van der Waals surface area contributed by atoms with E-state index in [1.54, 1.807) is 24.3 Å². The lowest BCUT2D eigenvalue weighted by Crippen LogP contribution is -2.09. The summed E-state index contributed by atoms with van der Waals surface area (Å²) in [4.78, 5) is 0.546. The monoisotopic (exact) mass is 301 g/mol. The zero-order chi connectivity index (χ0) is 15.0. The van der Waals surface area contributed by atoms with E-state index in [0.717, 1.165) is 5.56 Å². The van der Waals surface area contributed by atoms with Crippen LogP contribution < -0.4 is 10.5 Å². The molecule has 0 radical (unpaired) electrons. The van der Waals surface area contributed by atoms with Crippen LogP contribution in [-0.2, 0) is 9.84 Å². The lowest BCUT2D eigenvalue weighted by molar-refractivity contribution is 0.359. The number of ether oxygens (including phenoxy) is 1. The van der Waals surface area contributed by atoms with Gasteiger partial charge < -0.3 is 10.5 Å². The van der Waals surface area contributed by atoms with Crippen molar-refractivity contribution < 1.29 is 13.2 Å². The van der Waals surface area contributed by atoms with E-state index < -0.39 is 9.84 Å². The van der Waals surface area contributed by atoms with E-state index in [1.165, 1.54) is 6.07 Å². The molecule has 0 aromatic heterocycles. The third kappa shape index (κ3) is 2.52. The van der Waals surface area contributed by atoms with Gasteiger partial charge in [0, 0.05) is 5.69 Å². The summed E-state index contributed by atoms with van der Waals surface area (Å²) in [5.41, 5.74) is 7.92. The summed E-state index contributed by atoms with van der Waals surface area (Å²) >= 11 is 0. The standard InChI is InChI=1S/C16H15NO3S/c1-11-3-2-4-14(7-11)20-10-15-9-12-8-13(17)5-6-16(12)21(15,18)19/h2-9H,10,17H2,1H3. The van der Waals surface area contributed by atoms with Gasteiger partial charge in [0.1, 0.15) is 12.4 Å².